The van der Waals surface area contributed by atoms with Crippen LogP contribution in [0.1, 0.15) is 18.4 Å². The van der Waals surface area contributed by atoms with E-state index in [1.165, 1.54) is 0 Å². The van der Waals surface area contributed by atoms with Crippen LogP contribution in [-0.4, -0.2) is 22.8 Å². The molecule has 0 saturated heterocycles. The van der Waals surface area contributed by atoms with Crippen molar-refractivity contribution in [2.24, 2.45) is 11.7 Å². The van der Waals surface area contributed by atoms with Gasteiger partial charge >= 0.3 is 0 Å². The highest BCUT2D eigenvalue weighted by atomic mass is 16.2. The van der Waals surface area contributed by atoms with Gasteiger partial charge in [0.25, 0.3) is 0 Å². The van der Waals surface area contributed by atoms with Gasteiger partial charge in [-0.3, -0.25) is 9.59 Å². The number of rotatable bonds is 5. The van der Waals surface area contributed by atoms with Crippen LogP contribution in [0.3, 0.4) is 0 Å². The number of amides is 2. The van der Waals surface area contributed by atoms with Gasteiger partial charge in [0.1, 0.15) is 6.04 Å². The Hall–Kier alpha value is -2.30. The zero-order chi connectivity index (χ0) is 14.1. The molecule has 0 radical (unpaired) electrons. The minimum absolute atomic E-state index is 0.0614. The molecule has 20 heavy (non-hydrogen) atoms. The predicted molar refractivity (Wildman–Crippen MR) is 75.9 cm³/mol. The molecule has 1 atom stereocenters. The van der Waals surface area contributed by atoms with Crippen molar-refractivity contribution in [2.75, 3.05) is 0 Å². The second kappa shape index (κ2) is 5.00. The summed E-state index contributed by atoms with van der Waals surface area (Å²) in [7, 11) is 0. The van der Waals surface area contributed by atoms with Gasteiger partial charge in [0.05, 0.1) is 0 Å². The van der Waals surface area contributed by atoms with Crippen LogP contribution in [0.5, 0.6) is 0 Å². The normalized spacial score (nSPS) is 16.0. The van der Waals surface area contributed by atoms with E-state index in [0.717, 1.165) is 29.3 Å². The third kappa shape index (κ3) is 2.52. The van der Waals surface area contributed by atoms with E-state index in [9.17, 15) is 9.59 Å². The van der Waals surface area contributed by atoms with Crippen LogP contribution < -0.4 is 11.1 Å². The van der Waals surface area contributed by atoms with Crippen molar-refractivity contribution < 1.29 is 9.59 Å². The fourth-order valence-corrected chi connectivity index (χ4v) is 2.38. The first kappa shape index (κ1) is 12.7. The Kier molecular flexibility index (Phi) is 3.18. The van der Waals surface area contributed by atoms with E-state index in [-0.39, 0.29) is 11.8 Å². The van der Waals surface area contributed by atoms with Gasteiger partial charge in [-0.1, -0.05) is 18.2 Å². The number of aromatic nitrogens is 1. The topological polar surface area (TPSA) is 88.0 Å². The lowest BCUT2D eigenvalue weighted by molar-refractivity contribution is -0.128. The highest BCUT2D eigenvalue weighted by molar-refractivity contribution is 5.90. The van der Waals surface area contributed by atoms with E-state index in [4.69, 9.17) is 5.73 Å². The average molecular weight is 271 g/mol. The van der Waals surface area contributed by atoms with Crippen molar-refractivity contribution in [3.63, 3.8) is 0 Å². The van der Waals surface area contributed by atoms with E-state index in [1.54, 1.807) is 0 Å². The summed E-state index contributed by atoms with van der Waals surface area (Å²) in [5, 5.41) is 3.81. The lowest BCUT2D eigenvalue weighted by atomic mass is 10.0. The molecule has 5 heteroatoms. The molecule has 1 aromatic carbocycles. The molecule has 1 aromatic heterocycles. The summed E-state index contributed by atoms with van der Waals surface area (Å²) in [6.07, 6.45) is 4.09. The molecule has 4 N–H and O–H groups in total. The summed E-state index contributed by atoms with van der Waals surface area (Å²) in [5.74, 6) is -0.488. The van der Waals surface area contributed by atoms with Gasteiger partial charge in [-0.15, -0.1) is 0 Å². The molecule has 104 valence electrons. The summed E-state index contributed by atoms with van der Waals surface area (Å²) in [4.78, 5) is 26.5. The number of hydrogen-bond donors (Lipinski definition) is 3. The molecule has 2 amide bonds. The van der Waals surface area contributed by atoms with Crippen LogP contribution in [0.2, 0.25) is 0 Å². The molecule has 0 aliphatic heterocycles. The molecular formula is C15H17N3O2. The van der Waals surface area contributed by atoms with Crippen LogP contribution in [0.25, 0.3) is 10.9 Å². The van der Waals surface area contributed by atoms with E-state index in [1.807, 2.05) is 30.5 Å². The number of benzene rings is 1. The Morgan fingerprint density at radius 1 is 1.35 bits per heavy atom. The smallest absolute Gasteiger partial charge is 0.240 e. The van der Waals surface area contributed by atoms with E-state index < -0.39 is 11.9 Å². The number of primary amides is 1. The maximum absolute atomic E-state index is 11.8. The first-order valence-corrected chi connectivity index (χ1v) is 6.80. The number of nitrogens with one attached hydrogen (secondary N) is 2. The largest absolute Gasteiger partial charge is 0.368 e. The van der Waals surface area contributed by atoms with Crippen molar-refractivity contribution >= 4 is 22.7 Å². The molecule has 2 aromatic rings. The molecule has 1 fully saturated rings. The second-order valence-corrected chi connectivity index (χ2v) is 5.30. The molecule has 0 unspecified atom stereocenters. The lowest BCUT2D eigenvalue weighted by Gasteiger charge is -2.15. The van der Waals surface area contributed by atoms with E-state index >= 15 is 0 Å². The number of carbonyl (C=O) groups excluding carboxylic acids is 2. The summed E-state index contributed by atoms with van der Waals surface area (Å²) >= 11 is 0. The van der Waals surface area contributed by atoms with Gasteiger partial charge in [-0.25, -0.2) is 0 Å². The standard InChI is InChI=1S/C15H17N3O2/c16-14(19)13(18-15(20)9-5-6-9)7-10-8-17-12-4-2-1-3-11(10)12/h1-4,8-9,13,17H,5-7H2,(H2,16,19)(H,18,20)/t13-/m1/s1. The fraction of sp³-hybridized carbons (Fsp3) is 0.333. The summed E-state index contributed by atoms with van der Waals surface area (Å²) in [6.45, 7) is 0. The number of hydrogen-bond acceptors (Lipinski definition) is 2. The van der Waals surface area contributed by atoms with Crippen molar-refractivity contribution in [1.29, 1.82) is 0 Å². The average Bonchev–Trinajstić information content (AvgIpc) is 3.21. The van der Waals surface area contributed by atoms with E-state index in [2.05, 4.69) is 10.3 Å². The van der Waals surface area contributed by atoms with Crippen molar-refractivity contribution in [3.8, 4) is 0 Å². The number of para-hydroxylation sites is 1. The van der Waals surface area contributed by atoms with Crippen LogP contribution in [-0.2, 0) is 16.0 Å². The molecule has 5 nitrogen and oxygen atoms in total. The Labute approximate surface area is 116 Å². The van der Waals surface area contributed by atoms with Crippen LogP contribution in [0, 0.1) is 5.92 Å². The first-order chi connectivity index (χ1) is 9.65. The molecule has 0 spiro atoms. The third-order valence-electron chi connectivity index (χ3n) is 3.71. The highest BCUT2D eigenvalue weighted by Crippen LogP contribution is 2.29. The van der Waals surface area contributed by atoms with E-state index in [0.29, 0.717) is 6.42 Å². The SMILES string of the molecule is NC(=O)[C@@H](Cc1c[nH]c2ccccc12)NC(=O)C1CC1. The lowest BCUT2D eigenvalue weighted by Crippen LogP contribution is -2.46. The van der Waals surface area contributed by atoms with Gasteiger partial charge in [-0.05, 0) is 24.5 Å². The summed E-state index contributed by atoms with van der Waals surface area (Å²) in [5.41, 5.74) is 7.40. The molecular weight excluding hydrogens is 254 g/mol. The van der Waals surface area contributed by atoms with Gasteiger partial charge in [0, 0.05) is 29.4 Å². The van der Waals surface area contributed by atoms with Gasteiger partial charge in [0.2, 0.25) is 11.8 Å². The summed E-state index contributed by atoms with van der Waals surface area (Å²) < 4.78 is 0. The van der Waals surface area contributed by atoms with Crippen LogP contribution in [0.15, 0.2) is 30.5 Å². The second-order valence-electron chi connectivity index (χ2n) is 5.30. The Bertz CT molecular complexity index is 658. The first-order valence-electron chi connectivity index (χ1n) is 6.80. The number of aromatic amines is 1. The quantitative estimate of drug-likeness (QED) is 0.760. The van der Waals surface area contributed by atoms with Crippen LogP contribution >= 0.6 is 0 Å². The monoisotopic (exact) mass is 271 g/mol. The third-order valence-corrected chi connectivity index (χ3v) is 3.71. The minimum Gasteiger partial charge on any atom is -0.368 e. The summed E-state index contributed by atoms with van der Waals surface area (Å²) in [6, 6.07) is 7.20. The molecule has 1 saturated carbocycles. The van der Waals surface area contributed by atoms with Crippen molar-refractivity contribution in [2.45, 2.75) is 25.3 Å². The zero-order valence-corrected chi connectivity index (χ0v) is 11.1. The zero-order valence-electron chi connectivity index (χ0n) is 11.1. The van der Waals surface area contributed by atoms with Crippen LogP contribution in [0.4, 0.5) is 0 Å². The highest BCUT2D eigenvalue weighted by Gasteiger charge is 2.32. The maximum Gasteiger partial charge on any atom is 0.240 e. The van der Waals surface area contributed by atoms with Gasteiger partial charge < -0.3 is 16.0 Å². The maximum atomic E-state index is 11.8. The van der Waals surface area contributed by atoms with Crippen molar-refractivity contribution in [3.05, 3.63) is 36.0 Å². The number of carbonyl (C=O) groups is 2. The Morgan fingerprint density at radius 2 is 2.10 bits per heavy atom. The fourth-order valence-electron chi connectivity index (χ4n) is 2.38. The predicted octanol–water partition coefficient (Wildman–Crippen LogP) is 1.09. The molecule has 1 aliphatic rings. The van der Waals surface area contributed by atoms with Gasteiger partial charge in [-0.2, -0.15) is 0 Å². The minimum atomic E-state index is -0.651. The number of H-pyrrole nitrogens is 1. The molecule has 0 bridgehead atoms. The number of nitrogens with two attached hydrogens (primary N) is 1. The molecule has 1 aliphatic carbocycles. The van der Waals surface area contributed by atoms with Gasteiger partial charge in [0.15, 0.2) is 0 Å². The molecule has 3 rings (SSSR count). The number of fused-ring (bicyclic) bond motifs is 1. The van der Waals surface area contributed by atoms with Crippen molar-refractivity contribution in [1.82, 2.24) is 10.3 Å². The Balaban J connectivity index is 1.78. The molecule has 1 heterocycles. The Morgan fingerprint density at radius 3 is 2.80 bits per heavy atom.